The second-order valence-electron chi connectivity index (χ2n) is 5.90. The number of hydrogen-bond donors (Lipinski definition) is 2. The second-order valence-corrected chi connectivity index (χ2v) is 8.59. The van der Waals surface area contributed by atoms with Gasteiger partial charge in [-0.05, 0) is 36.4 Å². The summed E-state index contributed by atoms with van der Waals surface area (Å²) in [4.78, 5) is 12.1. The number of carbonyl (C=O) groups excluding carboxylic acids is 1. The van der Waals surface area contributed by atoms with E-state index in [-0.39, 0.29) is 36.4 Å². The Hall–Kier alpha value is -2.10. The molecule has 0 saturated heterocycles. The van der Waals surface area contributed by atoms with Gasteiger partial charge in [-0.25, -0.2) is 13.1 Å². The van der Waals surface area contributed by atoms with Crippen LogP contribution in [0.1, 0.15) is 6.42 Å². The van der Waals surface area contributed by atoms with Gasteiger partial charge in [0, 0.05) is 17.4 Å². The molecule has 1 aliphatic heterocycles. The Bertz CT molecular complexity index is 902. The van der Waals surface area contributed by atoms with Gasteiger partial charge in [-0.15, -0.1) is 0 Å². The molecule has 0 aromatic heterocycles. The van der Waals surface area contributed by atoms with Gasteiger partial charge in [0.15, 0.2) is 11.5 Å². The SMILES string of the molecule is O=C(CCNS(=O)(=O)c1ccc(Br)cc1)NC[C@@H]1COc2ccccc2O1. The van der Waals surface area contributed by atoms with Crippen molar-refractivity contribution in [1.29, 1.82) is 0 Å². The van der Waals surface area contributed by atoms with Crippen molar-refractivity contribution in [3.8, 4) is 11.5 Å². The van der Waals surface area contributed by atoms with Gasteiger partial charge in [0.05, 0.1) is 11.4 Å². The van der Waals surface area contributed by atoms with E-state index in [0.717, 1.165) is 4.47 Å². The van der Waals surface area contributed by atoms with Crippen molar-refractivity contribution < 1.29 is 22.7 Å². The lowest BCUT2D eigenvalue weighted by Gasteiger charge is -2.26. The number of carbonyl (C=O) groups is 1. The van der Waals surface area contributed by atoms with Gasteiger partial charge in [-0.3, -0.25) is 4.79 Å². The number of rotatable bonds is 7. The Morgan fingerprint density at radius 1 is 1.11 bits per heavy atom. The van der Waals surface area contributed by atoms with E-state index in [0.29, 0.717) is 18.1 Å². The van der Waals surface area contributed by atoms with Crippen molar-refractivity contribution in [2.45, 2.75) is 17.4 Å². The van der Waals surface area contributed by atoms with Crippen LogP contribution in [0.2, 0.25) is 0 Å². The molecule has 27 heavy (non-hydrogen) atoms. The Morgan fingerprint density at radius 3 is 2.56 bits per heavy atom. The molecule has 0 bridgehead atoms. The van der Waals surface area contributed by atoms with E-state index in [2.05, 4.69) is 26.0 Å². The number of amides is 1. The summed E-state index contributed by atoms with van der Waals surface area (Å²) in [5, 5.41) is 2.73. The summed E-state index contributed by atoms with van der Waals surface area (Å²) in [6.07, 6.45) is -0.261. The number of fused-ring (bicyclic) bond motifs is 1. The number of hydrogen-bond acceptors (Lipinski definition) is 5. The third-order valence-electron chi connectivity index (χ3n) is 3.86. The van der Waals surface area contributed by atoms with Crippen molar-refractivity contribution >= 4 is 31.9 Å². The Balaban J connectivity index is 1.41. The van der Waals surface area contributed by atoms with Gasteiger partial charge in [-0.1, -0.05) is 28.1 Å². The summed E-state index contributed by atoms with van der Waals surface area (Å²) < 4.78 is 38.8. The van der Waals surface area contributed by atoms with Crippen LogP contribution in [-0.2, 0) is 14.8 Å². The lowest BCUT2D eigenvalue weighted by molar-refractivity contribution is -0.121. The Labute approximate surface area is 166 Å². The Kier molecular flexibility index (Phi) is 6.35. The first-order valence-electron chi connectivity index (χ1n) is 8.34. The van der Waals surface area contributed by atoms with Gasteiger partial charge in [0.25, 0.3) is 0 Å². The fourth-order valence-corrected chi connectivity index (χ4v) is 3.77. The molecular formula is C18H19BrN2O5S. The van der Waals surface area contributed by atoms with E-state index in [1.54, 1.807) is 18.2 Å². The lowest BCUT2D eigenvalue weighted by Crippen LogP contribution is -2.41. The summed E-state index contributed by atoms with van der Waals surface area (Å²) in [5.41, 5.74) is 0. The zero-order chi connectivity index (χ0) is 19.3. The predicted octanol–water partition coefficient (Wildman–Crippen LogP) is 2.07. The minimum absolute atomic E-state index is 0.00902. The van der Waals surface area contributed by atoms with Gasteiger partial charge in [0.1, 0.15) is 12.7 Å². The first-order chi connectivity index (χ1) is 12.9. The standard InChI is InChI=1S/C18H19BrN2O5S/c19-13-5-7-15(8-6-13)27(23,24)21-10-9-18(22)20-11-14-12-25-16-3-1-2-4-17(16)26-14/h1-8,14,21H,9-12H2,(H,20,22)/t14-/m1/s1. The quantitative estimate of drug-likeness (QED) is 0.667. The molecule has 1 atom stereocenters. The number of benzene rings is 2. The zero-order valence-electron chi connectivity index (χ0n) is 14.4. The third kappa shape index (κ3) is 5.44. The van der Waals surface area contributed by atoms with Crippen LogP contribution >= 0.6 is 15.9 Å². The fourth-order valence-electron chi connectivity index (χ4n) is 2.48. The first kappa shape index (κ1) is 19.7. The molecule has 1 amide bonds. The lowest BCUT2D eigenvalue weighted by atomic mass is 10.2. The maximum atomic E-state index is 12.2. The summed E-state index contributed by atoms with van der Waals surface area (Å²) in [6, 6.07) is 13.6. The van der Waals surface area contributed by atoms with Gasteiger partial charge >= 0.3 is 0 Å². The van der Waals surface area contributed by atoms with Crippen LogP contribution in [-0.4, -0.2) is 40.1 Å². The number of sulfonamides is 1. The van der Waals surface area contributed by atoms with Crippen LogP contribution in [0.25, 0.3) is 0 Å². The van der Waals surface area contributed by atoms with Crippen LogP contribution < -0.4 is 19.5 Å². The van der Waals surface area contributed by atoms with Crippen molar-refractivity contribution in [1.82, 2.24) is 10.0 Å². The van der Waals surface area contributed by atoms with Crippen molar-refractivity contribution in [2.24, 2.45) is 0 Å². The van der Waals surface area contributed by atoms with E-state index in [1.165, 1.54) is 12.1 Å². The minimum Gasteiger partial charge on any atom is -0.486 e. The summed E-state index contributed by atoms with van der Waals surface area (Å²) in [7, 11) is -3.64. The zero-order valence-corrected chi connectivity index (χ0v) is 16.8. The molecule has 0 saturated carbocycles. The molecule has 0 unspecified atom stereocenters. The molecule has 9 heteroatoms. The van der Waals surface area contributed by atoms with Gasteiger partial charge in [0.2, 0.25) is 15.9 Å². The predicted molar refractivity (Wildman–Crippen MR) is 103 cm³/mol. The molecule has 1 heterocycles. The third-order valence-corrected chi connectivity index (χ3v) is 5.87. The first-order valence-corrected chi connectivity index (χ1v) is 10.6. The van der Waals surface area contributed by atoms with Gasteiger partial charge in [-0.2, -0.15) is 0 Å². The van der Waals surface area contributed by atoms with Crippen LogP contribution in [0.15, 0.2) is 57.9 Å². The molecule has 1 aliphatic rings. The highest BCUT2D eigenvalue weighted by atomic mass is 79.9. The summed E-state index contributed by atoms with van der Waals surface area (Å²) in [6.45, 7) is 0.634. The Morgan fingerprint density at radius 2 is 1.81 bits per heavy atom. The van der Waals surface area contributed by atoms with E-state index >= 15 is 0 Å². The smallest absolute Gasteiger partial charge is 0.240 e. The van der Waals surface area contributed by atoms with Crippen molar-refractivity contribution in [3.05, 3.63) is 53.0 Å². The largest absolute Gasteiger partial charge is 0.486 e. The molecule has 0 radical (unpaired) electrons. The number of halogens is 1. The highest BCUT2D eigenvalue weighted by Gasteiger charge is 2.21. The van der Waals surface area contributed by atoms with Crippen LogP contribution in [0.3, 0.4) is 0 Å². The summed E-state index contributed by atoms with van der Waals surface area (Å²) in [5.74, 6) is 1.06. The maximum absolute atomic E-state index is 12.2. The van der Waals surface area contributed by atoms with Crippen molar-refractivity contribution in [3.63, 3.8) is 0 Å². The molecule has 3 rings (SSSR count). The number of para-hydroxylation sites is 2. The molecule has 0 aliphatic carbocycles. The average molecular weight is 455 g/mol. The molecule has 2 aromatic carbocycles. The second kappa shape index (κ2) is 8.73. The maximum Gasteiger partial charge on any atom is 0.240 e. The number of nitrogens with one attached hydrogen (secondary N) is 2. The van der Waals surface area contributed by atoms with Crippen molar-refractivity contribution in [2.75, 3.05) is 19.7 Å². The van der Waals surface area contributed by atoms with E-state index in [1.807, 2.05) is 18.2 Å². The van der Waals surface area contributed by atoms with Crippen LogP contribution in [0.4, 0.5) is 0 Å². The molecule has 0 fully saturated rings. The molecular weight excluding hydrogens is 436 g/mol. The topological polar surface area (TPSA) is 93.7 Å². The average Bonchev–Trinajstić information content (AvgIpc) is 2.66. The fraction of sp³-hybridized carbons (Fsp3) is 0.278. The van der Waals surface area contributed by atoms with E-state index in [9.17, 15) is 13.2 Å². The molecule has 2 aromatic rings. The molecule has 144 valence electrons. The normalized spacial score (nSPS) is 16.0. The monoisotopic (exact) mass is 454 g/mol. The van der Waals surface area contributed by atoms with Crippen LogP contribution in [0, 0.1) is 0 Å². The molecule has 2 N–H and O–H groups in total. The molecule has 7 nitrogen and oxygen atoms in total. The minimum atomic E-state index is -3.64. The van der Waals surface area contributed by atoms with Gasteiger partial charge < -0.3 is 14.8 Å². The summed E-state index contributed by atoms with van der Waals surface area (Å²) >= 11 is 3.26. The highest BCUT2D eigenvalue weighted by molar-refractivity contribution is 9.10. The highest BCUT2D eigenvalue weighted by Crippen LogP contribution is 2.30. The van der Waals surface area contributed by atoms with E-state index in [4.69, 9.17) is 9.47 Å². The van der Waals surface area contributed by atoms with Crippen LogP contribution in [0.5, 0.6) is 11.5 Å². The van der Waals surface area contributed by atoms with E-state index < -0.39 is 10.0 Å². The number of ether oxygens (including phenoxy) is 2. The molecule has 0 spiro atoms.